The Balaban J connectivity index is 1.77. The lowest BCUT2D eigenvalue weighted by molar-refractivity contribution is -0.136. The molecule has 0 bridgehead atoms. The maximum atomic E-state index is 10.4. The third-order valence-corrected chi connectivity index (χ3v) is 3.36. The van der Waals surface area contributed by atoms with Crippen molar-refractivity contribution in [3.63, 3.8) is 0 Å². The van der Waals surface area contributed by atoms with Gasteiger partial charge in [-0.15, -0.1) is 0 Å². The molecule has 0 saturated carbocycles. The predicted molar refractivity (Wildman–Crippen MR) is 53.3 cm³/mol. The normalized spacial score (nSPS) is 32.9. The second-order valence-corrected chi connectivity index (χ2v) is 4.33. The van der Waals surface area contributed by atoms with Crippen LogP contribution in [0.1, 0.15) is 25.7 Å². The second kappa shape index (κ2) is 4.28. The number of aliphatic carboxylic acids is 1. The minimum absolute atomic E-state index is 0.109. The molecule has 2 atom stereocenters. The van der Waals surface area contributed by atoms with Gasteiger partial charge in [-0.1, -0.05) is 0 Å². The molecule has 2 rings (SSSR count). The molecule has 2 heterocycles. The van der Waals surface area contributed by atoms with Crippen LogP contribution in [0.25, 0.3) is 0 Å². The van der Waals surface area contributed by atoms with Gasteiger partial charge in [0.25, 0.3) is 0 Å². The summed E-state index contributed by atoms with van der Waals surface area (Å²) in [6.45, 7) is 2.50. The van der Waals surface area contributed by atoms with Crippen molar-refractivity contribution in [1.29, 1.82) is 0 Å². The lowest BCUT2D eigenvalue weighted by Gasteiger charge is -2.34. The molecule has 0 aromatic heterocycles. The van der Waals surface area contributed by atoms with Gasteiger partial charge >= 0.3 is 5.97 Å². The van der Waals surface area contributed by atoms with Crippen LogP contribution in [0, 0.1) is 0 Å². The van der Waals surface area contributed by atoms with Crippen LogP contribution < -0.4 is 5.32 Å². The Labute approximate surface area is 84.3 Å². The summed E-state index contributed by atoms with van der Waals surface area (Å²) in [5.74, 6) is -0.751. The molecule has 14 heavy (non-hydrogen) atoms. The molecule has 0 aromatic carbocycles. The number of nitrogens with zero attached hydrogens (tertiary/aromatic N) is 1. The highest BCUT2D eigenvalue weighted by Crippen LogP contribution is 2.26. The number of piperidine rings is 1. The zero-order valence-electron chi connectivity index (χ0n) is 8.41. The molecule has 0 aliphatic carbocycles. The topological polar surface area (TPSA) is 52.6 Å². The van der Waals surface area contributed by atoms with Crippen LogP contribution in [0.4, 0.5) is 0 Å². The molecule has 0 amide bonds. The van der Waals surface area contributed by atoms with E-state index in [1.807, 2.05) is 0 Å². The Morgan fingerprint density at radius 1 is 1.43 bits per heavy atom. The average molecular weight is 198 g/mol. The number of carboxylic acid groups (broad SMARTS) is 1. The molecule has 2 aliphatic heterocycles. The number of carbonyl (C=O) groups is 1. The van der Waals surface area contributed by atoms with Crippen molar-refractivity contribution in [2.45, 2.75) is 37.8 Å². The highest BCUT2D eigenvalue weighted by Gasteiger charge is 2.31. The zero-order valence-corrected chi connectivity index (χ0v) is 8.41. The molecule has 4 heteroatoms. The summed E-state index contributed by atoms with van der Waals surface area (Å²) >= 11 is 0. The first kappa shape index (κ1) is 9.93. The monoisotopic (exact) mass is 198 g/mol. The van der Waals surface area contributed by atoms with Crippen molar-refractivity contribution in [1.82, 2.24) is 10.2 Å². The molecule has 4 nitrogen and oxygen atoms in total. The predicted octanol–water partition coefficient (Wildman–Crippen LogP) is 0.287. The summed E-state index contributed by atoms with van der Waals surface area (Å²) in [5, 5.41) is 11.7. The van der Waals surface area contributed by atoms with Crippen LogP contribution in [0.2, 0.25) is 0 Å². The first-order chi connectivity index (χ1) is 6.75. The lowest BCUT2D eigenvalue weighted by atomic mass is 9.98. The van der Waals surface area contributed by atoms with Gasteiger partial charge in [-0.2, -0.15) is 0 Å². The highest BCUT2D eigenvalue weighted by molar-refractivity contribution is 5.69. The van der Waals surface area contributed by atoms with Crippen LogP contribution in [0.15, 0.2) is 0 Å². The number of hydrogen-bond donors (Lipinski definition) is 2. The van der Waals surface area contributed by atoms with E-state index in [1.54, 1.807) is 0 Å². The molecule has 2 aliphatic rings. The van der Waals surface area contributed by atoms with Crippen LogP contribution in [0.5, 0.6) is 0 Å². The minimum atomic E-state index is -0.751. The van der Waals surface area contributed by atoms with Gasteiger partial charge in [0.05, 0.1) is 6.54 Å². The fourth-order valence-electron chi connectivity index (χ4n) is 2.64. The van der Waals surface area contributed by atoms with Gasteiger partial charge in [0.1, 0.15) is 0 Å². The van der Waals surface area contributed by atoms with Crippen LogP contribution in [-0.2, 0) is 4.79 Å². The first-order valence-corrected chi connectivity index (χ1v) is 5.45. The second-order valence-electron chi connectivity index (χ2n) is 4.33. The van der Waals surface area contributed by atoms with Crippen LogP contribution in [0.3, 0.4) is 0 Å². The summed E-state index contributed by atoms with van der Waals surface area (Å²) in [6, 6.07) is 1.14. The molecule has 0 aromatic rings. The fraction of sp³-hybridized carbons (Fsp3) is 0.900. The van der Waals surface area contributed by atoms with Crippen molar-refractivity contribution >= 4 is 5.97 Å². The Morgan fingerprint density at radius 3 is 3.07 bits per heavy atom. The number of nitrogens with one attached hydrogen (secondary N) is 1. The quantitative estimate of drug-likeness (QED) is 0.684. The number of fused-ring (bicyclic) bond motifs is 1. The van der Waals surface area contributed by atoms with Crippen molar-refractivity contribution in [3.8, 4) is 0 Å². The van der Waals surface area contributed by atoms with E-state index < -0.39 is 5.97 Å². The van der Waals surface area contributed by atoms with Gasteiger partial charge in [0, 0.05) is 12.1 Å². The van der Waals surface area contributed by atoms with E-state index in [9.17, 15) is 4.79 Å². The van der Waals surface area contributed by atoms with E-state index >= 15 is 0 Å². The third-order valence-electron chi connectivity index (χ3n) is 3.36. The van der Waals surface area contributed by atoms with Crippen molar-refractivity contribution in [3.05, 3.63) is 0 Å². The Morgan fingerprint density at radius 2 is 2.29 bits per heavy atom. The summed E-state index contributed by atoms with van der Waals surface area (Å²) < 4.78 is 0. The van der Waals surface area contributed by atoms with Gasteiger partial charge in [-0.05, 0) is 38.8 Å². The first-order valence-electron chi connectivity index (χ1n) is 5.45. The van der Waals surface area contributed by atoms with Crippen molar-refractivity contribution in [2.24, 2.45) is 0 Å². The molecular weight excluding hydrogens is 180 g/mol. The molecule has 80 valence electrons. The summed E-state index contributed by atoms with van der Waals surface area (Å²) in [4.78, 5) is 12.9. The molecule has 2 fully saturated rings. The Kier molecular flexibility index (Phi) is 3.03. The van der Waals surface area contributed by atoms with E-state index in [0.29, 0.717) is 6.04 Å². The van der Waals surface area contributed by atoms with Gasteiger partial charge in [0.15, 0.2) is 0 Å². The van der Waals surface area contributed by atoms with Crippen molar-refractivity contribution < 1.29 is 9.90 Å². The van der Waals surface area contributed by atoms with E-state index in [4.69, 9.17) is 5.11 Å². The van der Waals surface area contributed by atoms with E-state index in [0.717, 1.165) is 25.4 Å². The highest BCUT2D eigenvalue weighted by atomic mass is 16.4. The largest absolute Gasteiger partial charge is 0.480 e. The summed E-state index contributed by atoms with van der Waals surface area (Å²) in [7, 11) is 0. The molecule has 2 saturated heterocycles. The maximum Gasteiger partial charge on any atom is 0.317 e. The number of carboxylic acids is 1. The van der Waals surface area contributed by atoms with Crippen LogP contribution in [-0.4, -0.2) is 47.7 Å². The third kappa shape index (κ3) is 2.25. The summed E-state index contributed by atoms with van der Waals surface area (Å²) in [6.07, 6.45) is 4.85. The molecule has 0 radical (unpaired) electrons. The minimum Gasteiger partial charge on any atom is -0.480 e. The summed E-state index contributed by atoms with van der Waals surface area (Å²) in [5.41, 5.74) is 0. The zero-order chi connectivity index (χ0) is 9.97. The standard InChI is InChI=1S/C10H18N2O2/c13-10(14)7-11-8-3-5-12-4-1-2-9(12)6-8/h8-9,11H,1-7H2,(H,13,14). The number of rotatable bonds is 3. The average Bonchev–Trinajstić information content (AvgIpc) is 2.61. The van der Waals surface area contributed by atoms with Crippen LogP contribution >= 0.6 is 0 Å². The van der Waals surface area contributed by atoms with Crippen molar-refractivity contribution in [2.75, 3.05) is 19.6 Å². The maximum absolute atomic E-state index is 10.4. The van der Waals surface area contributed by atoms with E-state index in [-0.39, 0.29) is 6.54 Å². The van der Waals surface area contributed by atoms with Gasteiger partial charge in [-0.25, -0.2) is 0 Å². The van der Waals surface area contributed by atoms with E-state index in [2.05, 4.69) is 10.2 Å². The Bertz CT molecular complexity index is 220. The van der Waals surface area contributed by atoms with Gasteiger partial charge in [0.2, 0.25) is 0 Å². The molecule has 0 spiro atoms. The smallest absolute Gasteiger partial charge is 0.317 e. The lowest BCUT2D eigenvalue weighted by Crippen LogP contribution is -2.46. The molecule has 2 unspecified atom stereocenters. The fourth-order valence-corrected chi connectivity index (χ4v) is 2.64. The molecule has 2 N–H and O–H groups in total. The Hall–Kier alpha value is -0.610. The SMILES string of the molecule is O=C(O)CNC1CCN2CCCC2C1. The van der Waals surface area contributed by atoms with Gasteiger partial charge < -0.3 is 15.3 Å². The van der Waals surface area contributed by atoms with Gasteiger partial charge in [-0.3, -0.25) is 4.79 Å². The molecular formula is C10H18N2O2. The van der Waals surface area contributed by atoms with E-state index in [1.165, 1.54) is 19.4 Å². The number of hydrogen-bond acceptors (Lipinski definition) is 3.